The van der Waals surface area contributed by atoms with Crippen molar-refractivity contribution >= 4 is 17.6 Å². The Morgan fingerprint density at radius 3 is 2.81 bits per heavy atom. The zero-order chi connectivity index (χ0) is 19.8. The van der Waals surface area contributed by atoms with Gasteiger partial charge in [-0.05, 0) is 18.9 Å². The van der Waals surface area contributed by atoms with Crippen LogP contribution in [-0.2, 0) is 13.6 Å². The van der Waals surface area contributed by atoms with Crippen LogP contribution in [0.5, 0.6) is 5.88 Å². The van der Waals surface area contributed by atoms with Crippen molar-refractivity contribution in [3.63, 3.8) is 0 Å². The highest BCUT2D eigenvalue weighted by molar-refractivity contribution is 6.30. The standard InChI is InChI=1S/C19H29ClN6O/c1-6-21-19(22-9-10-27-17-8-7-16(20)11-23-17)25(4)12-15-13-26(5)24-18(15)14(2)3/h7-8,11,13-14H,6,9-10,12H2,1-5H3,(H,21,22). The van der Waals surface area contributed by atoms with Gasteiger partial charge in [-0.2, -0.15) is 5.10 Å². The first-order chi connectivity index (χ1) is 12.9. The number of ether oxygens (including phenoxy) is 1. The van der Waals surface area contributed by atoms with E-state index in [2.05, 4.69) is 52.3 Å². The molecule has 0 atom stereocenters. The van der Waals surface area contributed by atoms with E-state index in [9.17, 15) is 0 Å². The second-order valence-corrected chi connectivity index (χ2v) is 7.06. The molecule has 0 unspecified atom stereocenters. The van der Waals surface area contributed by atoms with E-state index in [0.717, 1.165) is 24.7 Å². The molecule has 2 aromatic heterocycles. The van der Waals surface area contributed by atoms with Gasteiger partial charge in [0.2, 0.25) is 5.88 Å². The Kier molecular flexibility index (Phi) is 7.91. The van der Waals surface area contributed by atoms with Crippen molar-refractivity contribution in [1.82, 2.24) is 25.0 Å². The lowest BCUT2D eigenvalue weighted by Crippen LogP contribution is -2.39. The van der Waals surface area contributed by atoms with Crippen molar-refractivity contribution < 1.29 is 4.74 Å². The summed E-state index contributed by atoms with van der Waals surface area (Å²) in [6, 6.07) is 3.50. The number of nitrogens with zero attached hydrogens (tertiary/aromatic N) is 5. The third-order valence-corrected chi connectivity index (χ3v) is 4.11. The number of guanidine groups is 1. The number of nitrogens with one attached hydrogen (secondary N) is 1. The van der Waals surface area contributed by atoms with E-state index >= 15 is 0 Å². The average Bonchev–Trinajstić information content (AvgIpc) is 2.99. The maximum Gasteiger partial charge on any atom is 0.213 e. The van der Waals surface area contributed by atoms with Gasteiger partial charge in [-0.3, -0.25) is 4.68 Å². The number of hydrogen-bond donors (Lipinski definition) is 1. The van der Waals surface area contributed by atoms with Crippen molar-refractivity contribution in [2.24, 2.45) is 12.0 Å². The number of pyridine rings is 1. The Balaban J connectivity index is 1.96. The third-order valence-electron chi connectivity index (χ3n) is 3.89. The zero-order valence-corrected chi connectivity index (χ0v) is 17.5. The molecule has 8 heteroatoms. The van der Waals surface area contributed by atoms with Gasteiger partial charge in [0.05, 0.1) is 17.3 Å². The molecular formula is C19H29ClN6O. The summed E-state index contributed by atoms with van der Waals surface area (Å²) in [4.78, 5) is 10.9. The number of aromatic nitrogens is 3. The fourth-order valence-corrected chi connectivity index (χ4v) is 2.82. The van der Waals surface area contributed by atoms with Gasteiger partial charge in [-0.1, -0.05) is 25.4 Å². The summed E-state index contributed by atoms with van der Waals surface area (Å²) in [7, 11) is 3.98. The Labute approximate surface area is 166 Å². The lowest BCUT2D eigenvalue weighted by Gasteiger charge is -2.22. The van der Waals surface area contributed by atoms with Gasteiger partial charge in [-0.15, -0.1) is 0 Å². The van der Waals surface area contributed by atoms with Crippen molar-refractivity contribution in [2.45, 2.75) is 33.2 Å². The predicted molar refractivity (Wildman–Crippen MR) is 109 cm³/mol. The molecule has 7 nitrogen and oxygen atoms in total. The van der Waals surface area contributed by atoms with Gasteiger partial charge in [-0.25, -0.2) is 9.98 Å². The smallest absolute Gasteiger partial charge is 0.213 e. The van der Waals surface area contributed by atoms with Gasteiger partial charge < -0.3 is 15.0 Å². The molecule has 0 saturated carbocycles. The first-order valence-corrected chi connectivity index (χ1v) is 9.54. The van der Waals surface area contributed by atoms with Crippen LogP contribution in [0.2, 0.25) is 5.02 Å². The Morgan fingerprint density at radius 2 is 2.19 bits per heavy atom. The lowest BCUT2D eigenvalue weighted by molar-refractivity contribution is 0.315. The van der Waals surface area contributed by atoms with Crippen LogP contribution in [-0.4, -0.2) is 52.4 Å². The topological polar surface area (TPSA) is 67.6 Å². The van der Waals surface area contributed by atoms with E-state index in [1.165, 1.54) is 5.56 Å². The molecular weight excluding hydrogens is 364 g/mol. The minimum absolute atomic E-state index is 0.384. The summed E-state index contributed by atoms with van der Waals surface area (Å²) >= 11 is 5.82. The lowest BCUT2D eigenvalue weighted by atomic mass is 10.1. The molecule has 1 N–H and O–H groups in total. The van der Waals surface area contributed by atoms with E-state index in [1.54, 1.807) is 18.3 Å². The Morgan fingerprint density at radius 1 is 1.41 bits per heavy atom. The number of rotatable bonds is 8. The molecule has 0 aliphatic carbocycles. The molecule has 27 heavy (non-hydrogen) atoms. The molecule has 2 heterocycles. The van der Waals surface area contributed by atoms with Gasteiger partial charge in [0, 0.05) is 51.2 Å². The van der Waals surface area contributed by atoms with Crippen LogP contribution in [0.15, 0.2) is 29.5 Å². The molecule has 0 saturated heterocycles. The highest BCUT2D eigenvalue weighted by Crippen LogP contribution is 2.18. The normalized spacial score (nSPS) is 11.7. The molecule has 0 aromatic carbocycles. The molecule has 0 aliphatic heterocycles. The Hall–Kier alpha value is -2.28. The second kappa shape index (κ2) is 10.2. The molecule has 2 aromatic rings. The average molecular weight is 393 g/mol. The third kappa shape index (κ3) is 6.43. The first-order valence-electron chi connectivity index (χ1n) is 9.17. The van der Waals surface area contributed by atoms with Gasteiger partial charge >= 0.3 is 0 Å². The fraction of sp³-hybridized carbons (Fsp3) is 0.526. The summed E-state index contributed by atoms with van der Waals surface area (Å²) in [5.74, 6) is 1.77. The first kappa shape index (κ1) is 21.0. The SMILES string of the molecule is CCNC(=NCCOc1ccc(Cl)cn1)N(C)Cc1cn(C)nc1C(C)C. The van der Waals surface area contributed by atoms with E-state index < -0.39 is 0 Å². The largest absolute Gasteiger partial charge is 0.476 e. The van der Waals surface area contributed by atoms with Crippen LogP contribution >= 0.6 is 11.6 Å². The molecule has 2 rings (SSSR count). The van der Waals surface area contributed by atoms with E-state index in [4.69, 9.17) is 16.3 Å². The van der Waals surface area contributed by atoms with Gasteiger partial charge in [0.1, 0.15) is 6.61 Å². The quantitative estimate of drug-likeness (QED) is 0.425. The van der Waals surface area contributed by atoms with Crippen LogP contribution < -0.4 is 10.1 Å². The molecule has 0 radical (unpaired) electrons. The molecule has 0 spiro atoms. The van der Waals surface area contributed by atoms with E-state index in [1.807, 2.05) is 18.8 Å². The number of halogens is 1. The summed E-state index contributed by atoms with van der Waals surface area (Å²) < 4.78 is 7.48. The molecule has 148 valence electrons. The van der Waals surface area contributed by atoms with Crippen LogP contribution in [0.3, 0.4) is 0 Å². The van der Waals surface area contributed by atoms with Crippen LogP contribution in [0.1, 0.15) is 37.9 Å². The van der Waals surface area contributed by atoms with Crippen molar-refractivity contribution in [1.29, 1.82) is 0 Å². The zero-order valence-electron chi connectivity index (χ0n) is 16.7. The van der Waals surface area contributed by atoms with Crippen LogP contribution in [0.25, 0.3) is 0 Å². The highest BCUT2D eigenvalue weighted by Gasteiger charge is 2.15. The molecule has 0 aliphatic rings. The summed E-state index contributed by atoms with van der Waals surface area (Å²) in [6.45, 7) is 8.89. The fourth-order valence-electron chi connectivity index (χ4n) is 2.71. The van der Waals surface area contributed by atoms with Gasteiger partial charge in [0.15, 0.2) is 5.96 Å². The number of aliphatic imine (C=N–C) groups is 1. The van der Waals surface area contributed by atoms with Crippen molar-refractivity contribution in [2.75, 3.05) is 26.7 Å². The number of hydrogen-bond acceptors (Lipinski definition) is 4. The molecule has 0 amide bonds. The summed E-state index contributed by atoms with van der Waals surface area (Å²) in [6.07, 6.45) is 3.64. The molecule has 0 fully saturated rings. The summed E-state index contributed by atoms with van der Waals surface area (Å²) in [5, 5.41) is 8.49. The maximum absolute atomic E-state index is 5.82. The Bertz CT molecular complexity index is 741. The van der Waals surface area contributed by atoms with Crippen molar-refractivity contribution in [3.05, 3.63) is 40.8 Å². The van der Waals surface area contributed by atoms with Gasteiger partial charge in [0.25, 0.3) is 0 Å². The minimum atomic E-state index is 0.384. The van der Waals surface area contributed by atoms with E-state index in [-0.39, 0.29) is 0 Å². The molecule has 0 bridgehead atoms. The second-order valence-electron chi connectivity index (χ2n) is 6.62. The van der Waals surface area contributed by atoms with E-state index in [0.29, 0.717) is 30.0 Å². The predicted octanol–water partition coefficient (Wildman–Crippen LogP) is 3.07. The number of aryl methyl sites for hydroxylation is 1. The summed E-state index contributed by atoms with van der Waals surface area (Å²) in [5.41, 5.74) is 2.33. The van der Waals surface area contributed by atoms with Crippen molar-refractivity contribution in [3.8, 4) is 5.88 Å². The van der Waals surface area contributed by atoms with Crippen LogP contribution in [0.4, 0.5) is 0 Å². The highest BCUT2D eigenvalue weighted by atomic mass is 35.5. The monoisotopic (exact) mass is 392 g/mol. The minimum Gasteiger partial charge on any atom is -0.476 e. The van der Waals surface area contributed by atoms with Crippen LogP contribution in [0, 0.1) is 0 Å². The maximum atomic E-state index is 5.82.